The van der Waals surface area contributed by atoms with Crippen LogP contribution in [0, 0.1) is 0 Å². The second kappa shape index (κ2) is 6.11. The summed E-state index contributed by atoms with van der Waals surface area (Å²) in [5.74, 6) is 0.628. The van der Waals surface area contributed by atoms with Gasteiger partial charge in [-0.15, -0.1) is 0 Å². The third-order valence-electron chi connectivity index (χ3n) is 5.10. The molecule has 1 fully saturated rings. The Kier molecular flexibility index (Phi) is 4.31. The maximum Gasteiger partial charge on any atom is 0.244 e. The van der Waals surface area contributed by atoms with E-state index in [9.17, 15) is 4.79 Å². The van der Waals surface area contributed by atoms with Crippen LogP contribution in [0.4, 0.5) is 0 Å². The Morgan fingerprint density at radius 3 is 2.74 bits per heavy atom. The molecule has 6 nitrogen and oxygen atoms in total. The summed E-state index contributed by atoms with van der Waals surface area (Å²) >= 11 is 0. The zero-order valence-electron chi connectivity index (χ0n) is 13.6. The van der Waals surface area contributed by atoms with Crippen molar-refractivity contribution in [2.45, 2.75) is 36.8 Å². The summed E-state index contributed by atoms with van der Waals surface area (Å²) in [5.41, 5.74) is 13.3. The number of nitrogens with one attached hydrogen (secondary N) is 1. The number of carbonyl (C=O) groups excluding carboxylic acids is 1. The Bertz CT molecular complexity index is 599. The van der Waals surface area contributed by atoms with E-state index in [1.807, 2.05) is 18.2 Å². The van der Waals surface area contributed by atoms with Gasteiger partial charge in [0.25, 0.3) is 0 Å². The zero-order chi connectivity index (χ0) is 16.5. The lowest BCUT2D eigenvalue weighted by atomic mass is 9.89. The predicted octanol–water partition coefficient (Wildman–Crippen LogP) is 0.420. The van der Waals surface area contributed by atoms with Crippen molar-refractivity contribution < 1.29 is 14.3 Å². The van der Waals surface area contributed by atoms with Crippen molar-refractivity contribution in [3.05, 3.63) is 29.3 Å². The molecule has 2 aliphatic rings. The average molecular weight is 319 g/mol. The smallest absolute Gasteiger partial charge is 0.244 e. The van der Waals surface area contributed by atoms with Crippen molar-refractivity contribution in [3.63, 3.8) is 0 Å². The van der Waals surface area contributed by atoms with Gasteiger partial charge in [0.1, 0.15) is 11.3 Å². The van der Waals surface area contributed by atoms with E-state index in [0.29, 0.717) is 26.2 Å². The SMILES string of the molecule is COc1cccc2c1CCC2(N)C(=O)NCC1(N)CCOCC1. The highest BCUT2D eigenvalue weighted by atomic mass is 16.5. The molecule has 1 amide bonds. The van der Waals surface area contributed by atoms with Crippen molar-refractivity contribution in [3.8, 4) is 5.75 Å². The molecule has 5 N–H and O–H groups in total. The molecule has 0 radical (unpaired) electrons. The minimum Gasteiger partial charge on any atom is -0.496 e. The molecule has 1 heterocycles. The number of nitrogens with two attached hydrogens (primary N) is 2. The number of methoxy groups -OCH3 is 1. The highest BCUT2D eigenvalue weighted by Crippen LogP contribution is 2.39. The first kappa shape index (κ1) is 16.2. The van der Waals surface area contributed by atoms with E-state index in [2.05, 4.69) is 5.32 Å². The van der Waals surface area contributed by atoms with Gasteiger partial charge in [-0.05, 0) is 42.9 Å². The van der Waals surface area contributed by atoms with Crippen molar-refractivity contribution in [1.82, 2.24) is 5.32 Å². The molecule has 1 atom stereocenters. The summed E-state index contributed by atoms with van der Waals surface area (Å²) in [6.07, 6.45) is 2.81. The summed E-state index contributed by atoms with van der Waals surface area (Å²) in [5, 5.41) is 2.97. The molecule has 0 spiro atoms. The molecule has 0 saturated carbocycles. The Labute approximate surface area is 136 Å². The quantitative estimate of drug-likeness (QED) is 0.747. The van der Waals surface area contributed by atoms with Gasteiger partial charge in [-0.1, -0.05) is 12.1 Å². The molecule has 1 aliphatic carbocycles. The average Bonchev–Trinajstić information content (AvgIpc) is 2.92. The largest absolute Gasteiger partial charge is 0.496 e. The molecule has 1 aromatic carbocycles. The van der Waals surface area contributed by atoms with Crippen LogP contribution in [-0.2, 0) is 21.5 Å². The van der Waals surface area contributed by atoms with E-state index in [-0.39, 0.29) is 5.91 Å². The topological polar surface area (TPSA) is 99.6 Å². The fourth-order valence-corrected chi connectivity index (χ4v) is 3.49. The molecule has 0 aromatic heterocycles. The lowest BCUT2D eigenvalue weighted by Gasteiger charge is -2.34. The van der Waals surface area contributed by atoms with Crippen LogP contribution in [-0.4, -0.2) is 38.3 Å². The molecule has 1 unspecified atom stereocenters. The zero-order valence-corrected chi connectivity index (χ0v) is 13.6. The minimum absolute atomic E-state index is 0.166. The predicted molar refractivity (Wildman–Crippen MR) is 87.2 cm³/mol. The van der Waals surface area contributed by atoms with Gasteiger partial charge in [-0.3, -0.25) is 4.79 Å². The van der Waals surface area contributed by atoms with E-state index in [0.717, 1.165) is 36.1 Å². The van der Waals surface area contributed by atoms with Crippen LogP contribution in [0.25, 0.3) is 0 Å². The van der Waals surface area contributed by atoms with Crippen molar-refractivity contribution >= 4 is 5.91 Å². The number of rotatable bonds is 4. The molecular formula is C17H25N3O3. The Morgan fingerprint density at radius 2 is 2.04 bits per heavy atom. The van der Waals surface area contributed by atoms with Gasteiger partial charge in [0.05, 0.1) is 7.11 Å². The van der Waals surface area contributed by atoms with Gasteiger partial charge in [0.2, 0.25) is 5.91 Å². The number of ether oxygens (including phenoxy) is 2. The third-order valence-corrected chi connectivity index (χ3v) is 5.10. The minimum atomic E-state index is -1.01. The van der Waals surface area contributed by atoms with Gasteiger partial charge < -0.3 is 26.3 Å². The molecule has 3 rings (SSSR count). The monoisotopic (exact) mass is 319 g/mol. The first-order valence-electron chi connectivity index (χ1n) is 8.09. The molecule has 126 valence electrons. The number of carbonyl (C=O) groups is 1. The maximum atomic E-state index is 12.8. The molecular weight excluding hydrogens is 294 g/mol. The second-order valence-electron chi connectivity index (χ2n) is 6.62. The van der Waals surface area contributed by atoms with Gasteiger partial charge in [0, 0.05) is 25.3 Å². The first-order chi connectivity index (χ1) is 11.0. The highest BCUT2D eigenvalue weighted by Gasteiger charge is 2.43. The normalized spacial score (nSPS) is 25.7. The summed E-state index contributed by atoms with van der Waals surface area (Å²) in [6, 6.07) is 5.69. The van der Waals surface area contributed by atoms with Gasteiger partial charge in [-0.25, -0.2) is 0 Å². The van der Waals surface area contributed by atoms with Crippen molar-refractivity contribution in [1.29, 1.82) is 0 Å². The van der Waals surface area contributed by atoms with Crippen LogP contribution in [0.15, 0.2) is 18.2 Å². The van der Waals surface area contributed by atoms with E-state index >= 15 is 0 Å². The second-order valence-corrected chi connectivity index (χ2v) is 6.62. The van der Waals surface area contributed by atoms with Crippen LogP contribution < -0.4 is 21.5 Å². The lowest BCUT2D eigenvalue weighted by molar-refractivity contribution is -0.127. The summed E-state index contributed by atoms with van der Waals surface area (Å²) in [6.45, 7) is 1.70. The number of benzene rings is 1. The summed E-state index contributed by atoms with van der Waals surface area (Å²) < 4.78 is 10.7. The van der Waals surface area contributed by atoms with Gasteiger partial charge in [-0.2, -0.15) is 0 Å². The number of hydrogen-bond acceptors (Lipinski definition) is 5. The molecule has 1 saturated heterocycles. The molecule has 1 aromatic rings. The third kappa shape index (κ3) is 2.94. The standard InChI is InChI=1S/C17H25N3O3/c1-22-14-4-2-3-13-12(14)5-6-17(13,19)15(21)20-11-16(18)7-9-23-10-8-16/h2-4H,5-11,18-19H2,1H3,(H,20,21). The van der Waals surface area contributed by atoms with E-state index in [4.69, 9.17) is 20.9 Å². The van der Waals surface area contributed by atoms with E-state index in [1.165, 1.54) is 0 Å². The van der Waals surface area contributed by atoms with E-state index in [1.54, 1.807) is 7.11 Å². The Morgan fingerprint density at radius 1 is 1.30 bits per heavy atom. The van der Waals surface area contributed by atoms with Gasteiger partial charge in [0.15, 0.2) is 0 Å². The van der Waals surface area contributed by atoms with E-state index < -0.39 is 11.1 Å². The van der Waals surface area contributed by atoms with Crippen LogP contribution in [0.1, 0.15) is 30.4 Å². The summed E-state index contributed by atoms with van der Waals surface area (Å²) in [7, 11) is 1.63. The van der Waals surface area contributed by atoms with Crippen LogP contribution in [0.2, 0.25) is 0 Å². The number of hydrogen-bond donors (Lipinski definition) is 3. The lowest BCUT2D eigenvalue weighted by Crippen LogP contribution is -2.57. The Hall–Kier alpha value is -1.63. The van der Waals surface area contributed by atoms with Crippen molar-refractivity contribution in [2.75, 3.05) is 26.9 Å². The number of amides is 1. The highest BCUT2D eigenvalue weighted by molar-refractivity contribution is 5.89. The Balaban J connectivity index is 1.73. The van der Waals surface area contributed by atoms with Crippen LogP contribution in [0.5, 0.6) is 5.75 Å². The molecule has 6 heteroatoms. The summed E-state index contributed by atoms with van der Waals surface area (Å²) in [4.78, 5) is 12.8. The number of fused-ring (bicyclic) bond motifs is 1. The fraction of sp³-hybridized carbons (Fsp3) is 0.588. The molecule has 1 aliphatic heterocycles. The molecule has 0 bridgehead atoms. The maximum absolute atomic E-state index is 12.8. The first-order valence-corrected chi connectivity index (χ1v) is 8.09. The molecule has 23 heavy (non-hydrogen) atoms. The van der Waals surface area contributed by atoms with Crippen LogP contribution in [0.3, 0.4) is 0 Å². The van der Waals surface area contributed by atoms with Gasteiger partial charge >= 0.3 is 0 Å². The van der Waals surface area contributed by atoms with Crippen molar-refractivity contribution in [2.24, 2.45) is 11.5 Å². The fourth-order valence-electron chi connectivity index (χ4n) is 3.49. The van der Waals surface area contributed by atoms with Crippen LogP contribution >= 0.6 is 0 Å².